The van der Waals surface area contributed by atoms with Crippen LogP contribution in [0.15, 0.2) is 35.3 Å². The van der Waals surface area contributed by atoms with Crippen molar-refractivity contribution in [3.8, 4) is 5.75 Å². The summed E-state index contributed by atoms with van der Waals surface area (Å²) in [5.41, 5.74) is -1.11. The molecule has 2 rings (SSSR count). The number of alkyl halides is 3. The number of benzene rings is 1. The van der Waals surface area contributed by atoms with E-state index in [9.17, 15) is 17.7 Å². The summed E-state index contributed by atoms with van der Waals surface area (Å²) in [5, 5.41) is -1.18. The molecule has 1 heterocycles. The normalized spacial score (nSPS) is 19.1. The van der Waals surface area contributed by atoms with E-state index in [-0.39, 0.29) is 25.6 Å². The molecule has 0 aromatic heterocycles. The first kappa shape index (κ1) is 32.4. The van der Waals surface area contributed by atoms with Crippen LogP contribution < -0.4 is 4.74 Å². The van der Waals surface area contributed by atoms with Crippen molar-refractivity contribution in [2.45, 2.75) is 110 Å². The van der Waals surface area contributed by atoms with E-state index in [2.05, 4.69) is 11.9 Å². The molecule has 1 unspecified atom stereocenters. The largest absolute Gasteiger partial charge is 0.489 e. The average molecular weight is 560 g/mol. The van der Waals surface area contributed by atoms with Crippen molar-refractivity contribution in [3.63, 3.8) is 0 Å². The van der Waals surface area contributed by atoms with Gasteiger partial charge < -0.3 is 14.0 Å². The van der Waals surface area contributed by atoms with E-state index in [0.29, 0.717) is 24.3 Å². The van der Waals surface area contributed by atoms with Crippen LogP contribution in [0.2, 0.25) is 0 Å². The molecule has 1 aromatic rings. The van der Waals surface area contributed by atoms with Gasteiger partial charge in [-0.3, -0.25) is 4.57 Å². The van der Waals surface area contributed by atoms with Crippen LogP contribution in [0.25, 0.3) is 0 Å². The fourth-order valence-corrected chi connectivity index (χ4v) is 7.83. The average Bonchev–Trinajstić information content (AvgIpc) is 3.17. The molecule has 0 aliphatic carbocycles. The predicted molar refractivity (Wildman–Crippen MR) is 149 cm³/mol. The zero-order chi connectivity index (χ0) is 28.8. The van der Waals surface area contributed by atoms with E-state index < -0.39 is 35.0 Å². The topological polar surface area (TPSA) is 57.1 Å². The molecule has 1 aliphatic rings. The van der Waals surface area contributed by atoms with Gasteiger partial charge in [-0.05, 0) is 37.0 Å². The van der Waals surface area contributed by atoms with Gasteiger partial charge in [0.05, 0.1) is 12.2 Å². The molecule has 0 spiro atoms. The second-order valence-electron chi connectivity index (χ2n) is 12.1. The first-order chi connectivity index (χ1) is 17.4. The third-order valence-electron chi connectivity index (χ3n) is 6.68. The molecule has 0 amide bonds. The number of allylic oxidation sites excluding steroid dienone is 1. The summed E-state index contributed by atoms with van der Waals surface area (Å²) >= 11 is 0. The van der Waals surface area contributed by atoms with Gasteiger partial charge in [-0.1, -0.05) is 79.5 Å². The van der Waals surface area contributed by atoms with Crippen molar-refractivity contribution in [2.24, 2.45) is 4.99 Å². The Kier molecular flexibility index (Phi) is 10.7. The lowest BCUT2D eigenvalue weighted by Crippen LogP contribution is -2.38. The highest BCUT2D eigenvalue weighted by atomic mass is 31.2. The Morgan fingerprint density at radius 2 is 1.76 bits per heavy atom. The number of halogens is 3. The zero-order valence-corrected chi connectivity index (χ0v) is 25.1. The molecule has 0 N–H and O–H groups in total. The van der Waals surface area contributed by atoms with Crippen LogP contribution in [0.3, 0.4) is 0 Å². The van der Waals surface area contributed by atoms with Crippen LogP contribution >= 0.6 is 7.37 Å². The fraction of sp³-hybridized carbons (Fsp3) is 0.690. The molecule has 0 fully saturated rings. The minimum atomic E-state index is -4.55. The highest BCUT2D eigenvalue weighted by molar-refractivity contribution is 7.62. The molecule has 216 valence electrons. The van der Waals surface area contributed by atoms with Crippen molar-refractivity contribution in [1.29, 1.82) is 0 Å². The lowest BCUT2D eigenvalue weighted by atomic mass is 9.93. The second kappa shape index (κ2) is 12.6. The number of hydrogen-bond donors (Lipinski definition) is 0. The maximum atomic E-state index is 14.0. The number of hydrogen-bond acceptors (Lipinski definition) is 5. The van der Waals surface area contributed by atoms with Crippen LogP contribution in [0.1, 0.15) is 92.2 Å². The molecule has 1 aliphatic heterocycles. The number of rotatable bonds is 12. The Hall–Kier alpha value is -1.79. The number of ether oxygens (including phenoxy) is 2. The Bertz CT molecular complexity index is 1020. The van der Waals surface area contributed by atoms with Gasteiger partial charge in [0, 0.05) is 17.2 Å². The SMILES string of the molecule is CCCC/C=C/COc1ccc(CCC2(COP(=O)(C(C)(C)C)C(C)(C)C)COC(C)=N2)cc1C(F)(F)F. The summed E-state index contributed by atoms with van der Waals surface area (Å²) < 4.78 is 72.9. The minimum absolute atomic E-state index is 0.0633. The van der Waals surface area contributed by atoms with Crippen LogP contribution in [0, 0.1) is 0 Å². The van der Waals surface area contributed by atoms with Crippen molar-refractivity contribution in [3.05, 3.63) is 41.5 Å². The van der Waals surface area contributed by atoms with E-state index in [1.807, 2.05) is 47.6 Å². The Morgan fingerprint density at radius 1 is 1.11 bits per heavy atom. The quantitative estimate of drug-likeness (QED) is 0.146. The summed E-state index contributed by atoms with van der Waals surface area (Å²) in [6.45, 7) is 15.6. The molecule has 5 nitrogen and oxygen atoms in total. The van der Waals surface area contributed by atoms with Gasteiger partial charge in [-0.15, -0.1) is 0 Å². The molecule has 0 saturated heterocycles. The molecular weight excluding hydrogens is 514 g/mol. The number of nitrogens with zero attached hydrogens (tertiary/aromatic N) is 1. The van der Waals surface area contributed by atoms with Crippen molar-refractivity contribution in [1.82, 2.24) is 0 Å². The number of aryl methyl sites for hydroxylation is 1. The highest BCUT2D eigenvalue weighted by Crippen LogP contribution is 2.67. The maximum absolute atomic E-state index is 14.0. The fourth-order valence-electron chi connectivity index (χ4n) is 4.62. The van der Waals surface area contributed by atoms with Crippen molar-refractivity contribution in [2.75, 3.05) is 19.8 Å². The molecule has 0 saturated carbocycles. The lowest BCUT2D eigenvalue weighted by molar-refractivity contribution is -0.138. The van der Waals surface area contributed by atoms with Crippen LogP contribution in [0.4, 0.5) is 13.2 Å². The van der Waals surface area contributed by atoms with E-state index >= 15 is 0 Å². The lowest BCUT2D eigenvalue weighted by Gasteiger charge is -2.41. The maximum Gasteiger partial charge on any atom is 0.419 e. The zero-order valence-electron chi connectivity index (χ0n) is 24.2. The smallest absolute Gasteiger partial charge is 0.419 e. The molecule has 0 radical (unpaired) electrons. The van der Waals surface area contributed by atoms with E-state index in [0.717, 1.165) is 25.3 Å². The third-order valence-corrected chi connectivity index (χ3v) is 10.7. The summed E-state index contributed by atoms with van der Waals surface area (Å²) in [7, 11) is -3.15. The minimum Gasteiger partial charge on any atom is -0.489 e. The molecule has 9 heteroatoms. The Labute approximate surface area is 226 Å². The number of unbranched alkanes of at least 4 members (excludes halogenated alkanes) is 2. The predicted octanol–water partition coefficient (Wildman–Crippen LogP) is 8.84. The molecular formula is C29H45F3NO4P. The van der Waals surface area contributed by atoms with Gasteiger partial charge in [0.15, 0.2) is 5.90 Å². The van der Waals surface area contributed by atoms with E-state index in [4.69, 9.17) is 14.0 Å². The standard InChI is InChI=1S/C29H45F3NO4P/c1-9-10-11-12-13-18-35-25-15-14-23(19-24(25)29(30,31)32)16-17-28(20-36-22(2)33-28)21-37-38(34,26(3,4)5)27(6,7)8/h12-15,19H,9-11,16-18,20-21H2,1-8H3/b13-12+. The summed E-state index contributed by atoms with van der Waals surface area (Å²) in [5.74, 6) is 0.301. The van der Waals surface area contributed by atoms with Crippen LogP contribution in [-0.2, 0) is 26.4 Å². The van der Waals surface area contributed by atoms with Gasteiger partial charge in [-0.25, -0.2) is 4.99 Å². The summed E-state index contributed by atoms with van der Waals surface area (Å²) in [4.78, 5) is 4.66. The van der Waals surface area contributed by atoms with Gasteiger partial charge in [-0.2, -0.15) is 13.2 Å². The Morgan fingerprint density at radius 3 is 2.29 bits per heavy atom. The van der Waals surface area contributed by atoms with Crippen LogP contribution in [0.5, 0.6) is 5.75 Å². The van der Waals surface area contributed by atoms with Gasteiger partial charge in [0.2, 0.25) is 7.37 Å². The van der Waals surface area contributed by atoms with Crippen molar-refractivity contribution >= 4 is 13.3 Å². The highest BCUT2D eigenvalue weighted by Gasteiger charge is 2.50. The monoisotopic (exact) mass is 559 g/mol. The first-order valence-electron chi connectivity index (χ1n) is 13.4. The summed E-state index contributed by atoms with van der Waals surface area (Å²) in [6.07, 6.45) is 2.80. The molecule has 1 aromatic carbocycles. The number of aliphatic imine (C=N–C) groups is 1. The first-order valence-corrected chi connectivity index (χ1v) is 15.0. The summed E-state index contributed by atoms with van der Waals surface area (Å²) in [6, 6.07) is 4.18. The molecule has 1 atom stereocenters. The molecule has 0 bridgehead atoms. The van der Waals surface area contributed by atoms with E-state index in [1.165, 1.54) is 6.07 Å². The van der Waals surface area contributed by atoms with Gasteiger partial charge >= 0.3 is 6.18 Å². The third kappa shape index (κ3) is 8.35. The van der Waals surface area contributed by atoms with Crippen LogP contribution in [-0.4, -0.2) is 41.6 Å². The van der Waals surface area contributed by atoms with E-state index in [1.54, 1.807) is 19.1 Å². The van der Waals surface area contributed by atoms with Gasteiger partial charge in [0.1, 0.15) is 24.5 Å². The van der Waals surface area contributed by atoms with Crippen molar-refractivity contribution < 1.29 is 31.7 Å². The Balaban J connectivity index is 2.21. The molecule has 38 heavy (non-hydrogen) atoms. The second-order valence-corrected chi connectivity index (χ2v) is 16.1. The van der Waals surface area contributed by atoms with Gasteiger partial charge in [0.25, 0.3) is 0 Å².